The molecule has 0 aliphatic carbocycles. The van der Waals surface area contributed by atoms with Crippen molar-refractivity contribution in [3.63, 3.8) is 0 Å². The van der Waals surface area contributed by atoms with E-state index in [1.807, 2.05) is 16.9 Å². The van der Waals surface area contributed by atoms with Gasteiger partial charge in [0, 0.05) is 30.9 Å². The van der Waals surface area contributed by atoms with Gasteiger partial charge in [-0.3, -0.25) is 9.69 Å². The molecule has 166 valence electrons. The van der Waals surface area contributed by atoms with E-state index in [2.05, 4.69) is 90.0 Å². The van der Waals surface area contributed by atoms with E-state index >= 15 is 0 Å². The van der Waals surface area contributed by atoms with Crippen molar-refractivity contribution < 1.29 is 4.79 Å². The predicted octanol–water partition coefficient (Wildman–Crippen LogP) is 4.41. The fourth-order valence-corrected chi connectivity index (χ4v) is 4.07. The number of amides is 1. The van der Waals surface area contributed by atoms with Gasteiger partial charge in [-0.05, 0) is 56.4 Å². The fraction of sp³-hybridized carbons (Fsp3) is 0.333. The molecule has 2 heterocycles. The maximum Gasteiger partial charge on any atom is 0.234 e. The lowest BCUT2D eigenvalue weighted by Crippen LogP contribution is -2.42. The molecule has 0 bridgehead atoms. The molecular formula is C27H32N4O. The molecular weight excluding hydrogens is 396 g/mol. The molecule has 5 heteroatoms. The lowest BCUT2D eigenvalue weighted by molar-refractivity contribution is -0.122. The molecule has 0 unspecified atom stereocenters. The van der Waals surface area contributed by atoms with E-state index in [0.717, 1.165) is 43.6 Å². The average molecular weight is 429 g/mol. The Labute approximate surface area is 190 Å². The summed E-state index contributed by atoms with van der Waals surface area (Å²) in [7, 11) is 0. The molecule has 0 saturated heterocycles. The van der Waals surface area contributed by atoms with Crippen molar-refractivity contribution in [1.82, 2.24) is 20.0 Å². The normalized spacial score (nSPS) is 15.2. The summed E-state index contributed by atoms with van der Waals surface area (Å²) in [6, 6.07) is 19.0. The van der Waals surface area contributed by atoms with Crippen molar-refractivity contribution in [2.45, 2.75) is 39.2 Å². The quantitative estimate of drug-likeness (QED) is 0.578. The Morgan fingerprint density at radius 1 is 1.12 bits per heavy atom. The standard InChI is InChI=1S/C27H32N4O/c1-21-8-12-26(13-9-21)31-19-25(18-28-31)24-14-16-30(17-15-24)20-27(32)29-22(2)10-11-23-6-4-3-5-7-23/h3-9,12-14,18-19,22H,10-11,15-17,20H2,1-2H3,(H,29,32)/t22-/m0/s1. The Morgan fingerprint density at radius 2 is 1.91 bits per heavy atom. The number of hydrogen-bond donors (Lipinski definition) is 1. The molecule has 1 aliphatic rings. The number of hydrogen-bond acceptors (Lipinski definition) is 3. The van der Waals surface area contributed by atoms with Crippen LogP contribution < -0.4 is 5.32 Å². The first-order chi connectivity index (χ1) is 15.6. The molecule has 0 saturated carbocycles. The molecule has 0 fully saturated rings. The van der Waals surface area contributed by atoms with Crippen LogP contribution in [0, 0.1) is 6.92 Å². The summed E-state index contributed by atoms with van der Waals surface area (Å²) in [4.78, 5) is 14.7. The van der Waals surface area contributed by atoms with Crippen LogP contribution in [0.4, 0.5) is 0 Å². The highest BCUT2D eigenvalue weighted by Crippen LogP contribution is 2.23. The second-order valence-corrected chi connectivity index (χ2v) is 8.72. The fourth-order valence-electron chi connectivity index (χ4n) is 4.07. The molecule has 1 N–H and O–H groups in total. The van der Waals surface area contributed by atoms with Gasteiger partial charge in [-0.2, -0.15) is 5.10 Å². The van der Waals surface area contributed by atoms with Crippen molar-refractivity contribution in [2.24, 2.45) is 0 Å². The lowest BCUT2D eigenvalue weighted by atomic mass is 10.0. The van der Waals surface area contributed by atoms with Gasteiger partial charge in [0.2, 0.25) is 5.91 Å². The van der Waals surface area contributed by atoms with Gasteiger partial charge in [0.1, 0.15) is 0 Å². The van der Waals surface area contributed by atoms with Crippen LogP contribution in [0.25, 0.3) is 11.3 Å². The molecule has 0 radical (unpaired) electrons. The molecule has 4 rings (SSSR count). The molecule has 2 aromatic carbocycles. The van der Waals surface area contributed by atoms with E-state index in [9.17, 15) is 4.79 Å². The van der Waals surface area contributed by atoms with Gasteiger partial charge in [0.25, 0.3) is 0 Å². The second-order valence-electron chi connectivity index (χ2n) is 8.72. The highest BCUT2D eigenvalue weighted by atomic mass is 16.2. The first kappa shape index (κ1) is 22.0. The minimum Gasteiger partial charge on any atom is -0.353 e. The Bertz CT molecular complexity index is 1050. The third kappa shape index (κ3) is 5.95. The first-order valence-electron chi connectivity index (χ1n) is 11.4. The number of carbonyl (C=O) groups is 1. The number of benzene rings is 2. The largest absolute Gasteiger partial charge is 0.353 e. The van der Waals surface area contributed by atoms with Gasteiger partial charge in [0.05, 0.1) is 18.4 Å². The smallest absolute Gasteiger partial charge is 0.234 e. The summed E-state index contributed by atoms with van der Waals surface area (Å²) in [5.74, 6) is 0.106. The maximum atomic E-state index is 12.5. The number of nitrogens with one attached hydrogen (secondary N) is 1. The zero-order chi connectivity index (χ0) is 22.3. The van der Waals surface area contributed by atoms with Crippen molar-refractivity contribution in [3.8, 4) is 5.69 Å². The van der Waals surface area contributed by atoms with Crippen molar-refractivity contribution in [1.29, 1.82) is 0 Å². The van der Waals surface area contributed by atoms with Gasteiger partial charge >= 0.3 is 0 Å². The van der Waals surface area contributed by atoms with Crippen LogP contribution in [0.5, 0.6) is 0 Å². The van der Waals surface area contributed by atoms with E-state index in [-0.39, 0.29) is 11.9 Å². The van der Waals surface area contributed by atoms with Crippen LogP contribution in [0.15, 0.2) is 73.1 Å². The van der Waals surface area contributed by atoms with E-state index in [1.54, 1.807) is 0 Å². The number of nitrogens with zero attached hydrogens (tertiary/aromatic N) is 3. The number of aryl methyl sites for hydroxylation is 2. The van der Waals surface area contributed by atoms with E-state index in [1.165, 1.54) is 16.7 Å². The van der Waals surface area contributed by atoms with Crippen molar-refractivity contribution >= 4 is 11.5 Å². The summed E-state index contributed by atoms with van der Waals surface area (Å²) < 4.78 is 1.92. The van der Waals surface area contributed by atoms with Crippen LogP contribution in [-0.2, 0) is 11.2 Å². The molecule has 1 amide bonds. The third-order valence-electron chi connectivity index (χ3n) is 6.03. The van der Waals surface area contributed by atoms with E-state index in [0.29, 0.717) is 6.54 Å². The van der Waals surface area contributed by atoms with Gasteiger partial charge in [-0.15, -0.1) is 0 Å². The van der Waals surface area contributed by atoms with Crippen LogP contribution in [-0.4, -0.2) is 46.3 Å². The zero-order valence-corrected chi connectivity index (χ0v) is 19.0. The Morgan fingerprint density at radius 3 is 2.62 bits per heavy atom. The zero-order valence-electron chi connectivity index (χ0n) is 19.0. The lowest BCUT2D eigenvalue weighted by Gasteiger charge is -2.26. The van der Waals surface area contributed by atoms with Gasteiger partial charge < -0.3 is 5.32 Å². The summed E-state index contributed by atoms with van der Waals surface area (Å²) in [5.41, 5.74) is 6.08. The highest BCUT2D eigenvalue weighted by Gasteiger charge is 2.17. The van der Waals surface area contributed by atoms with Gasteiger partial charge in [0.15, 0.2) is 0 Å². The first-order valence-corrected chi connectivity index (χ1v) is 11.4. The summed E-state index contributed by atoms with van der Waals surface area (Å²) in [6.07, 6.45) is 9.11. The average Bonchev–Trinajstić information content (AvgIpc) is 3.29. The topological polar surface area (TPSA) is 50.2 Å². The molecule has 1 aliphatic heterocycles. The number of rotatable bonds is 8. The van der Waals surface area contributed by atoms with Crippen molar-refractivity contribution in [3.05, 3.63) is 89.8 Å². The van der Waals surface area contributed by atoms with Gasteiger partial charge in [-0.1, -0.05) is 54.1 Å². The maximum absolute atomic E-state index is 12.5. The molecule has 5 nitrogen and oxygen atoms in total. The summed E-state index contributed by atoms with van der Waals surface area (Å²) >= 11 is 0. The van der Waals surface area contributed by atoms with Gasteiger partial charge in [-0.25, -0.2) is 4.68 Å². The van der Waals surface area contributed by atoms with E-state index in [4.69, 9.17) is 0 Å². The third-order valence-corrected chi connectivity index (χ3v) is 6.03. The molecule has 1 aromatic heterocycles. The number of carbonyl (C=O) groups excluding carboxylic acids is 1. The summed E-state index contributed by atoms with van der Waals surface area (Å²) in [5, 5.41) is 7.68. The molecule has 32 heavy (non-hydrogen) atoms. The Kier molecular flexibility index (Phi) is 7.17. The second kappa shape index (κ2) is 10.4. The summed E-state index contributed by atoms with van der Waals surface area (Å²) in [6.45, 7) is 6.29. The predicted molar refractivity (Wildman–Crippen MR) is 130 cm³/mol. The van der Waals surface area contributed by atoms with Crippen LogP contribution in [0.1, 0.15) is 36.5 Å². The van der Waals surface area contributed by atoms with Crippen LogP contribution in [0.3, 0.4) is 0 Å². The minimum atomic E-state index is 0.106. The Hall–Kier alpha value is -3.18. The highest BCUT2D eigenvalue weighted by molar-refractivity contribution is 5.78. The van der Waals surface area contributed by atoms with Crippen LogP contribution in [0.2, 0.25) is 0 Å². The van der Waals surface area contributed by atoms with Crippen molar-refractivity contribution in [2.75, 3.05) is 19.6 Å². The monoisotopic (exact) mass is 428 g/mol. The SMILES string of the molecule is Cc1ccc(-n2cc(C3=CCN(CC(=O)N[C@@H](C)CCc4ccccc4)CC3)cn2)cc1. The molecule has 0 spiro atoms. The molecule has 1 atom stereocenters. The van der Waals surface area contributed by atoms with E-state index < -0.39 is 0 Å². The van der Waals surface area contributed by atoms with Crippen LogP contribution >= 0.6 is 0 Å². The minimum absolute atomic E-state index is 0.106. The Balaban J connectivity index is 1.24. The number of aromatic nitrogens is 2. The molecule has 3 aromatic rings.